The molecule has 158 valence electrons. The van der Waals surface area contributed by atoms with E-state index in [-0.39, 0.29) is 0 Å². The zero-order valence-corrected chi connectivity index (χ0v) is 18.4. The van der Waals surface area contributed by atoms with Crippen molar-refractivity contribution in [2.75, 3.05) is 12.5 Å². The molecule has 2 N–H and O–H groups in total. The van der Waals surface area contributed by atoms with E-state index >= 15 is 0 Å². The maximum atomic E-state index is 5.93. The second kappa shape index (κ2) is 9.68. The summed E-state index contributed by atoms with van der Waals surface area (Å²) in [7, 11) is 1.63. The topological polar surface area (TPSA) is 64.1 Å². The second-order valence-electron chi connectivity index (χ2n) is 6.79. The molecule has 0 spiro atoms. The molecule has 1 aromatic heterocycles. The van der Waals surface area contributed by atoms with Crippen LogP contribution in [0.2, 0.25) is 5.02 Å². The van der Waals surface area contributed by atoms with Crippen LogP contribution >= 0.6 is 23.8 Å². The fourth-order valence-electron chi connectivity index (χ4n) is 3.08. The van der Waals surface area contributed by atoms with Crippen LogP contribution < -0.4 is 14.9 Å². The van der Waals surface area contributed by atoms with Gasteiger partial charge in [-0.05, 0) is 47.6 Å². The van der Waals surface area contributed by atoms with E-state index in [1.807, 2.05) is 72.8 Å². The van der Waals surface area contributed by atoms with Crippen molar-refractivity contribution in [1.29, 1.82) is 0 Å². The zero-order chi connectivity index (χ0) is 21.6. The van der Waals surface area contributed by atoms with Crippen LogP contribution in [-0.2, 0) is 13.2 Å². The summed E-state index contributed by atoms with van der Waals surface area (Å²) in [6, 6.07) is 23.2. The summed E-state index contributed by atoms with van der Waals surface area (Å²) >= 11 is 11.3. The average molecular weight is 453 g/mol. The van der Waals surface area contributed by atoms with Gasteiger partial charge < -0.3 is 14.9 Å². The van der Waals surface area contributed by atoms with Crippen LogP contribution in [0.3, 0.4) is 0 Å². The van der Waals surface area contributed by atoms with Gasteiger partial charge in [0, 0.05) is 10.6 Å². The molecule has 1 heterocycles. The quantitative estimate of drug-likeness (QED) is 0.341. The number of hydrogen-bond acceptors (Lipinski definition) is 5. The lowest BCUT2D eigenvalue weighted by Crippen LogP contribution is -2.16. The molecule has 31 heavy (non-hydrogen) atoms. The van der Waals surface area contributed by atoms with Crippen molar-refractivity contribution in [3.63, 3.8) is 0 Å². The Kier molecular flexibility index (Phi) is 6.54. The molecule has 0 saturated heterocycles. The molecule has 3 aromatic carbocycles. The van der Waals surface area contributed by atoms with E-state index in [1.165, 1.54) is 0 Å². The number of nitrogens with zero attached hydrogens (tertiary/aromatic N) is 2. The van der Waals surface area contributed by atoms with Crippen LogP contribution in [0.15, 0.2) is 72.8 Å². The van der Waals surface area contributed by atoms with Gasteiger partial charge in [-0.3, -0.25) is 0 Å². The summed E-state index contributed by atoms with van der Waals surface area (Å²) < 4.78 is 13.7. The minimum Gasteiger partial charge on any atom is -0.493 e. The Bertz CT molecular complexity index is 1210. The third kappa shape index (κ3) is 5.07. The number of benzene rings is 3. The van der Waals surface area contributed by atoms with Crippen LogP contribution in [0.4, 0.5) is 0 Å². The molecule has 0 saturated carbocycles. The highest BCUT2D eigenvalue weighted by molar-refractivity contribution is 7.71. The number of nitrogens with one attached hydrogen (secondary N) is 2. The number of aromatic nitrogens is 3. The van der Waals surface area contributed by atoms with Crippen molar-refractivity contribution in [2.45, 2.75) is 13.2 Å². The zero-order valence-electron chi connectivity index (χ0n) is 16.8. The highest BCUT2D eigenvalue weighted by Crippen LogP contribution is 2.29. The molecule has 0 aliphatic heterocycles. The number of rotatable bonds is 8. The molecule has 0 unspecified atom stereocenters. The third-order valence-electron chi connectivity index (χ3n) is 4.68. The lowest BCUT2D eigenvalue weighted by Gasteiger charge is -2.14. The van der Waals surface area contributed by atoms with Gasteiger partial charge in [-0.15, -0.1) is 0 Å². The first kappa shape index (κ1) is 21.0. The van der Waals surface area contributed by atoms with Gasteiger partial charge >= 0.3 is 0 Å². The summed E-state index contributed by atoms with van der Waals surface area (Å²) in [5.74, 6) is 2.05. The van der Waals surface area contributed by atoms with Gasteiger partial charge in [-0.2, -0.15) is 5.10 Å². The number of aromatic amines is 1. The van der Waals surface area contributed by atoms with Crippen molar-refractivity contribution in [3.8, 4) is 22.9 Å². The third-order valence-corrected chi connectivity index (χ3v) is 5.21. The molecule has 0 amide bonds. The molecular formula is C23H21ClN4O2S. The smallest absolute Gasteiger partial charge is 0.214 e. The van der Waals surface area contributed by atoms with E-state index in [0.29, 0.717) is 34.4 Å². The molecule has 0 aliphatic rings. The first-order valence-corrected chi connectivity index (χ1v) is 10.4. The van der Waals surface area contributed by atoms with Gasteiger partial charge in [-0.1, -0.05) is 60.1 Å². The van der Waals surface area contributed by atoms with Crippen LogP contribution in [0, 0.1) is 4.77 Å². The Balaban J connectivity index is 1.46. The SMILES string of the molecule is COc1cc(CNn2c(-c3ccccc3)n[nH]c2=S)ccc1OCc1ccc(Cl)cc1. The Morgan fingerprint density at radius 2 is 1.74 bits per heavy atom. The highest BCUT2D eigenvalue weighted by atomic mass is 35.5. The standard InChI is InChI=1S/C23H21ClN4O2S/c1-29-21-13-17(9-12-20(21)30-15-16-7-10-19(24)11-8-16)14-25-28-22(26-27-23(28)31)18-5-3-2-4-6-18/h2-13,25H,14-15H2,1H3,(H,27,31). The van der Waals surface area contributed by atoms with E-state index in [2.05, 4.69) is 15.6 Å². The van der Waals surface area contributed by atoms with E-state index in [1.54, 1.807) is 11.8 Å². The molecule has 0 bridgehead atoms. The monoisotopic (exact) mass is 452 g/mol. The van der Waals surface area contributed by atoms with Crippen molar-refractivity contribution in [1.82, 2.24) is 14.9 Å². The summed E-state index contributed by atoms with van der Waals surface area (Å²) in [4.78, 5) is 0. The first-order chi connectivity index (χ1) is 15.1. The van der Waals surface area contributed by atoms with Crippen LogP contribution in [0.5, 0.6) is 11.5 Å². The molecule has 0 atom stereocenters. The minimum absolute atomic E-state index is 0.426. The number of methoxy groups -OCH3 is 1. The highest BCUT2D eigenvalue weighted by Gasteiger charge is 2.10. The number of ether oxygens (including phenoxy) is 2. The Labute approximate surface area is 190 Å². The second-order valence-corrected chi connectivity index (χ2v) is 7.61. The van der Waals surface area contributed by atoms with E-state index < -0.39 is 0 Å². The number of H-pyrrole nitrogens is 1. The van der Waals surface area contributed by atoms with Gasteiger partial charge in [-0.25, -0.2) is 9.77 Å². The Hall–Kier alpha value is -3.29. The Morgan fingerprint density at radius 1 is 1.00 bits per heavy atom. The predicted octanol–water partition coefficient (Wildman–Crippen LogP) is 5.59. The normalized spacial score (nSPS) is 10.6. The summed E-state index contributed by atoms with van der Waals surface area (Å²) in [5.41, 5.74) is 6.32. The largest absolute Gasteiger partial charge is 0.493 e. The van der Waals surface area contributed by atoms with E-state index in [0.717, 1.165) is 22.5 Å². The maximum Gasteiger partial charge on any atom is 0.214 e. The molecule has 6 nitrogen and oxygen atoms in total. The van der Waals surface area contributed by atoms with Crippen LogP contribution in [0.25, 0.3) is 11.4 Å². The Morgan fingerprint density at radius 3 is 2.48 bits per heavy atom. The average Bonchev–Trinajstić information content (AvgIpc) is 3.18. The lowest BCUT2D eigenvalue weighted by atomic mass is 10.2. The molecule has 4 aromatic rings. The first-order valence-electron chi connectivity index (χ1n) is 9.65. The molecule has 8 heteroatoms. The summed E-state index contributed by atoms with van der Waals surface area (Å²) in [5, 5.41) is 7.88. The molecular weight excluding hydrogens is 432 g/mol. The molecule has 0 fully saturated rings. The van der Waals surface area contributed by atoms with Crippen molar-refractivity contribution in [3.05, 3.63) is 93.7 Å². The van der Waals surface area contributed by atoms with Crippen molar-refractivity contribution >= 4 is 23.8 Å². The summed E-state index contributed by atoms with van der Waals surface area (Å²) in [6.45, 7) is 0.956. The predicted molar refractivity (Wildman–Crippen MR) is 125 cm³/mol. The number of halogens is 1. The van der Waals surface area contributed by atoms with Gasteiger partial charge in [0.05, 0.1) is 13.7 Å². The molecule has 4 rings (SSSR count). The van der Waals surface area contributed by atoms with Crippen LogP contribution in [0.1, 0.15) is 11.1 Å². The summed E-state index contributed by atoms with van der Waals surface area (Å²) in [6.07, 6.45) is 0. The van der Waals surface area contributed by atoms with E-state index in [4.69, 9.17) is 33.3 Å². The van der Waals surface area contributed by atoms with Crippen molar-refractivity contribution < 1.29 is 9.47 Å². The van der Waals surface area contributed by atoms with Gasteiger partial charge in [0.1, 0.15) is 6.61 Å². The van der Waals surface area contributed by atoms with E-state index in [9.17, 15) is 0 Å². The minimum atomic E-state index is 0.426. The van der Waals surface area contributed by atoms with Gasteiger partial charge in [0.25, 0.3) is 0 Å². The fourth-order valence-corrected chi connectivity index (χ4v) is 3.40. The lowest BCUT2D eigenvalue weighted by molar-refractivity contribution is 0.284. The maximum absolute atomic E-state index is 5.93. The van der Waals surface area contributed by atoms with Crippen molar-refractivity contribution in [2.24, 2.45) is 0 Å². The van der Waals surface area contributed by atoms with Gasteiger partial charge in [0.2, 0.25) is 4.77 Å². The molecule has 0 radical (unpaired) electrons. The molecule has 0 aliphatic carbocycles. The van der Waals surface area contributed by atoms with Crippen LogP contribution in [-0.4, -0.2) is 22.0 Å². The number of hydrogen-bond donors (Lipinski definition) is 2. The van der Waals surface area contributed by atoms with Gasteiger partial charge in [0.15, 0.2) is 17.3 Å². The fraction of sp³-hybridized carbons (Fsp3) is 0.130.